The normalized spacial score (nSPS) is 24.0. The van der Waals surface area contributed by atoms with E-state index in [9.17, 15) is 0 Å². The van der Waals surface area contributed by atoms with Crippen molar-refractivity contribution in [1.29, 1.82) is 5.26 Å². The second-order valence-electron chi connectivity index (χ2n) is 4.87. The molecule has 0 aromatic heterocycles. The lowest BCUT2D eigenvalue weighted by atomic mass is 9.89. The molecule has 0 amide bonds. The highest BCUT2D eigenvalue weighted by Gasteiger charge is 2.20. The van der Waals surface area contributed by atoms with Gasteiger partial charge in [0.2, 0.25) is 0 Å². The van der Waals surface area contributed by atoms with Crippen LogP contribution in [-0.4, -0.2) is 6.10 Å². The molecule has 0 saturated heterocycles. The fourth-order valence-electron chi connectivity index (χ4n) is 2.26. The second-order valence-corrected chi connectivity index (χ2v) is 4.87. The van der Waals surface area contributed by atoms with Crippen molar-refractivity contribution in [3.05, 3.63) is 23.8 Å². The van der Waals surface area contributed by atoms with Crippen LogP contribution in [-0.2, 0) is 0 Å². The van der Waals surface area contributed by atoms with Gasteiger partial charge in [-0.15, -0.1) is 0 Å². The molecule has 17 heavy (non-hydrogen) atoms. The molecular weight excluding hydrogens is 212 g/mol. The van der Waals surface area contributed by atoms with Crippen LogP contribution >= 0.6 is 0 Å². The summed E-state index contributed by atoms with van der Waals surface area (Å²) in [6.07, 6.45) is 4.83. The molecular formula is C14H18N2O. The molecule has 1 fully saturated rings. The molecule has 1 aromatic carbocycles. The SMILES string of the molecule is CC1CCC(Oc2ccc(N)cc2C#N)CC1. The van der Waals surface area contributed by atoms with Crippen molar-refractivity contribution in [2.75, 3.05) is 5.73 Å². The van der Waals surface area contributed by atoms with Gasteiger partial charge in [0.15, 0.2) is 0 Å². The van der Waals surface area contributed by atoms with Crippen LogP contribution in [0.5, 0.6) is 5.75 Å². The molecule has 1 aromatic rings. The molecule has 1 aliphatic carbocycles. The lowest BCUT2D eigenvalue weighted by Crippen LogP contribution is -2.23. The third kappa shape index (κ3) is 2.91. The monoisotopic (exact) mass is 230 g/mol. The van der Waals surface area contributed by atoms with Gasteiger partial charge in [0, 0.05) is 5.69 Å². The Balaban J connectivity index is 2.06. The summed E-state index contributed by atoms with van der Waals surface area (Å²) >= 11 is 0. The number of nitrogens with two attached hydrogens (primary N) is 1. The number of ether oxygens (including phenoxy) is 1. The van der Waals surface area contributed by atoms with E-state index >= 15 is 0 Å². The van der Waals surface area contributed by atoms with Crippen molar-refractivity contribution in [3.63, 3.8) is 0 Å². The zero-order valence-corrected chi connectivity index (χ0v) is 10.1. The molecule has 0 bridgehead atoms. The quantitative estimate of drug-likeness (QED) is 0.794. The first-order valence-electron chi connectivity index (χ1n) is 6.15. The Morgan fingerprint density at radius 3 is 2.65 bits per heavy atom. The lowest BCUT2D eigenvalue weighted by molar-refractivity contribution is 0.135. The van der Waals surface area contributed by atoms with E-state index in [-0.39, 0.29) is 6.10 Å². The van der Waals surface area contributed by atoms with Crippen molar-refractivity contribution < 1.29 is 4.74 Å². The molecule has 2 rings (SSSR count). The number of benzene rings is 1. The number of hydrogen-bond donors (Lipinski definition) is 1. The van der Waals surface area contributed by atoms with Crippen molar-refractivity contribution in [2.24, 2.45) is 5.92 Å². The van der Waals surface area contributed by atoms with Gasteiger partial charge in [-0.2, -0.15) is 5.26 Å². The topological polar surface area (TPSA) is 59.0 Å². The molecule has 0 radical (unpaired) electrons. The zero-order chi connectivity index (χ0) is 12.3. The molecule has 1 aliphatic rings. The number of nitrogen functional groups attached to an aromatic ring is 1. The van der Waals surface area contributed by atoms with Gasteiger partial charge in [-0.05, 0) is 49.8 Å². The average Bonchev–Trinajstić information content (AvgIpc) is 2.34. The van der Waals surface area contributed by atoms with E-state index in [0.29, 0.717) is 17.0 Å². The predicted octanol–water partition coefficient (Wildman–Crippen LogP) is 3.10. The summed E-state index contributed by atoms with van der Waals surface area (Å²) in [6, 6.07) is 7.37. The van der Waals surface area contributed by atoms with Crippen LogP contribution in [0.1, 0.15) is 38.2 Å². The number of hydrogen-bond acceptors (Lipinski definition) is 3. The smallest absolute Gasteiger partial charge is 0.137 e. The molecule has 0 spiro atoms. The minimum atomic E-state index is 0.252. The summed E-state index contributed by atoms with van der Waals surface area (Å²) in [5.41, 5.74) is 6.78. The van der Waals surface area contributed by atoms with E-state index in [1.54, 1.807) is 18.2 Å². The highest BCUT2D eigenvalue weighted by atomic mass is 16.5. The third-order valence-electron chi connectivity index (χ3n) is 3.38. The number of nitrogens with zero attached hydrogens (tertiary/aromatic N) is 1. The maximum atomic E-state index is 9.03. The Kier molecular flexibility index (Phi) is 3.53. The summed E-state index contributed by atoms with van der Waals surface area (Å²) in [4.78, 5) is 0. The molecule has 90 valence electrons. The maximum Gasteiger partial charge on any atom is 0.137 e. The van der Waals surface area contributed by atoms with Crippen LogP contribution in [0.2, 0.25) is 0 Å². The summed E-state index contributed by atoms with van der Waals surface area (Å²) < 4.78 is 5.90. The Hall–Kier alpha value is -1.69. The van der Waals surface area contributed by atoms with Crippen LogP contribution in [0.15, 0.2) is 18.2 Å². The zero-order valence-electron chi connectivity index (χ0n) is 10.1. The van der Waals surface area contributed by atoms with Crippen LogP contribution in [0.25, 0.3) is 0 Å². The van der Waals surface area contributed by atoms with E-state index in [0.717, 1.165) is 18.8 Å². The summed E-state index contributed by atoms with van der Waals surface area (Å²) in [5.74, 6) is 1.47. The summed E-state index contributed by atoms with van der Waals surface area (Å²) in [7, 11) is 0. The van der Waals surface area contributed by atoms with Gasteiger partial charge in [-0.1, -0.05) is 6.92 Å². The maximum absolute atomic E-state index is 9.03. The Bertz CT molecular complexity index is 428. The number of rotatable bonds is 2. The molecule has 2 N–H and O–H groups in total. The largest absolute Gasteiger partial charge is 0.489 e. The van der Waals surface area contributed by atoms with Crippen molar-refractivity contribution in [1.82, 2.24) is 0 Å². The van der Waals surface area contributed by atoms with Crippen LogP contribution in [0, 0.1) is 17.2 Å². The molecule has 0 unspecified atom stereocenters. The van der Waals surface area contributed by atoms with E-state index in [2.05, 4.69) is 13.0 Å². The van der Waals surface area contributed by atoms with Gasteiger partial charge in [-0.3, -0.25) is 0 Å². The number of anilines is 1. The molecule has 1 saturated carbocycles. The van der Waals surface area contributed by atoms with Crippen LogP contribution < -0.4 is 10.5 Å². The molecule has 0 atom stereocenters. The van der Waals surface area contributed by atoms with Crippen LogP contribution in [0.3, 0.4) is 0 Å². The van der Waals surface area contributed by atoms with Gasteiger partial charge in [0.25, 0.3) is 0 Å². The standard InChI is InChI=1S/C14H18N2O/c1-10-2-5-13(6-3-10)17-14-7-4-12(16)8-11(14)9-15/h4,7-8,10,13H,2-3,5-6,16H2,1H3. The Labute approximate surface area is 102 Å². The Morgan fingerprint density at radius 2 is 2.00 bits per heavy atom. The van der Waals surface area contributed by atoms with E-state index in [1.165, 1.54) is 12.8 Å². The van der Waals surface area contributed by atoms with Gasteiger partial charge in [0.05, 0.1) is 11.7 Å². The van der Waals surface area contributed by atoms with Gasteiger partial charge in [-0.25, -0.2) is 0 Å². The summed E-state index contributed by atoms with van der Waals surface area (Å²) in [5, 5.41) is 9.03. The van der Waals surface area contributed by atoms with Crippen LogP contribution in [0.4, 0.5) is 5.69 Å². The summed E-state index contributed by atoms with van der Waals surface area (Å²) in [6.45, 7) is 2.28. The fourth-order valence-corrected chi connectivity index (χ4v) is 2.26. The van der Waals surface area contributed by atoms with E-state index in [4.69, 9.17) is 15.7 Å². The van der Waals surface area contributed by atoms with E-state index < -0.39 is 0 Å². The third-order valence-corrected chi connectivity index (χ3v) is 3.38. The lowest BCUT2D eigenvalue weighted by Gasteiger charge is -2.27. The average molecular weight is 230 g/mol. The first kappa shape index (κ1) is 11.8. The highest BCUT2D eigenvalue weighted by molar-refractivity contribution is 5.53. The molecule has 0 aliphatic heterocycles. The molecule has 0 heterocycles. The fraction of sp³-hybridized carbons (Fsp3) is 0.500. The first-order chi connectivity index (χ1) is 8.19. The predicted molar refractivity (Wildman–Crippen MR) is 67.6 cm³/mol. The van der Waals surface area contributed by atoms with Gasteiger partial charge < -0.3 is 10.5 Å². The second kappa shape index (κ2) is 5.09. The number of nitriles is 1. The highest BCUT2D eigenvalue weighted by Crippen LogP contribution is 2.29. The minimum Gasteiger partial charge on any atom is -0.489 e. The van der Waals surface area contributed by atoms with Gasteiger partial charge in [0.1, 0.15) is 11.8 Å². The molecule has 3 heteroatoms. The minimum absolute atomic E-state index is 0.252. The van der Waals surface area contributed by atoms with Crippen molar-refractivity contribution in [2.45, 2.75) is 38.7 Å². The van der Waals surface area contributed by atoms with E-state index in [1.807, 2.05) is 0 Å². The Morgan fingerprint density at radius 1 is 1.29 bits per heavy atom. The molecule has 3 nitrogen and oxygen atoms in total. The van der Waals surface area contributed by atoms with Crippen molar-refractivity contribution >= 4 is 5.69 Å². The van der Waals surface area contributed by atoms with Crippen molar-refractivity contribution in [3.8, 4) is 11.8 Å². The first-order valence-corrected chi connectivity index (χ1v) is 6.15. The van der Waals surface area contributed by atoms with Gasteiger partial charge >= 0.3 is 0 Å².